The molecule has 3 heterocycles. The molecule has 2 saturated heterocycles. The van der Waals surface area contributed by atoms with Gasteiger partial charge in [-0.3, -0.25) is 14.4 Å². The zero-order valence-electron chi connectivity index (χ0n) is 18.8. The molecule has 0 saturated carbocycles. The van der Waals surface area contributed by atoms with Crippen molar-refractivity contribution >= 4 is 69.6 Å². The Morgan fingerprint density at radius 1 is 0.703 bits per heavy atom. The first-order valence-electron chi connectivity index (χ1n) is 11.2. The number of furan rings is 1. The molecule has 10 heteroatoms. The minimum atomic E-state index is -1.06. The number of carbonyl (C=O) groups excluding carboxylic acids is 2. The predicted molar refractivity (Wildman–Crippen MR) is 143 cm³/mol. The van der Waals surface area contributed by atoms with Gasteiger partial charge in [0.15, 0.2) is 6.10 Å². The van der Waals surface area contributed by atoms with Crippen LogP contribution in [0.2, 0.25) is 20.1 Å². The van der Waals surface area contributed by atoms with Crippen LogP contribution in [0.1, 0.15) is 11.8 Å². The number of carbonyl (C=O) groups is 2. The van der Waals surface area contributed by atoms with Crippen molar-refractivity contribution in [3.8, 4) is 11.3 Å². The van der Waals surface area contributed by atoms with Crippen molar-refractivity contribution in [1.29, 1.82) is 0 Å². The molecular weight excluding hydrogens is 558 g/mol. The van der Waals surface area contributed by atoms with E-state index in [1.807, 2.05) is 30.3 Å². The Balaban J connectivity index is 1.42. The molecule has 2 amide bonds. The highest BCUT2D eigenvalue weighted by atomic mass is 35.5. The summed E-state index contributed by atoms with van der Waals surface area (Å²) in [4.78, 5) is 34.5. The van der Waals surface area contributed by atoms with Gasteiger partial charge in [0.25, 0.3) is 5.91 Å². The molecule has 0 radical (unpaired) electrons. The SMILES string of the molecule is O=C1C2ON(c3ccccc3)C(c3ccc(-c4ccc(Cl)cc4Cl)o3)C2C(=O)N1c1ccc(Cl)c(Cl)c1. The van der Waals surface area contributed by atoms with E-state index in [9.17, 15) is 9.59 Å². The van der Waals surface area contributed by atoms with Crippen molar-refractivity contribution in [3.63, 3.8) is 0 Å². The van der Waals surface area contributed by atoms with Crippen LogP contribution in [0.25, 0.3) is 11.3 Å². The number of amides is 2. The fraction of sp³-hybridized carbons (Fsp3) is 0.111. The summed E-state index contributed by atoms with van der Waals surface area (Å²) in [6.07, 6.45) is -1.06. The van der Waals surface area contributed by atoms with Crippen LogP contribution in [-0.2, 0) is 14.4 Å². The molecular formula is C27H16Cl4N2O4. The first kappa shape index (κ1) is 24.3. The lowest BCUT2D eigenvalue weighted by Crippen LogP contribution is -2.37. The van der Waals surface area contributed by atoms with Crippen molar-refractivity contribution in [2.75, 3.05) is 9.96 Å². The molecule has 37 heavy (non-hydrogen) atoms. The van der Waals surface area contributed by atoms with E-state index in [0.29, 0.717) is 43.5 Å². The van der Waals surface area contributed by atoms with Gasteiger partial charge in [0.2, 0.25) is 5.91 Å². The Morgan fingerprint density at radius 3 is 2.22 bits per heavy atom. The van der Waals surface area contributed by atoms with Crippen molar-refractivity contribution in [2.45, 2.75) is 12.1 Å². The summed E-state index contributed by atoms with van der Waals surface area (Å²) in [5.41, 5.74) is 1.64. The highest BCUT2D eigenvalue weighted by molar-refractivity contribution is 6.42. The lowest BCUT2D eigenvalue weighted by atomic mass is 9.94. The quantitative estimate of drug-likeness (QED) is 0.235. The number of anilines is 2. The van der Waals surface area contributed by atoms with Crippen LogP contribution in [-0.4, -0.2) is 17.9 Å². The van der Waals surface area contributed by atoms with Gasteiger partial charge in [-0.15, -0.1) is 0 Å². The van der Waals surface area contributed by atoms with Crippen LogP contribution < -0.4 is 9.96 Å². The largest absolute Gasteiger partial charge is 0.459 e. The van der Waals surface area contributed by atoms with E-state index >= 15 is 0 Å². The van der Waals surface area contributed by atoms with Crippen LogP contribution in [0.5, 0.6) is 0 Å². The number of halogens is 4. The lowest BCUT2D eigenvalue weighted by molar-refractivity contribution is -0.126. The van der Waals surface area contributed by atoms with Crippen LogP contribution in [0.4, 0.5) is 11.4 Å². The normalized spacial score (nSPS) is 21.1. The molecule has 3 atom stereocenters. The minimum absolute atomic E-state index is 0.232. The van der Waals surface area contributed by atoms with Crippen molar-refractivity contribution in [3.05, 3.63) is 105 Å². The van der Waals surface area contributed by atoms with Gasteiger partial charge in [-0.2, -0.15) is 0 Å². The second-order valence-electron chi connectivity index (χ2n) is 8.59. The third-order valence-electron chi connectivity index (χ3n) is 6.40. The monoisotopic (exact) mass is 572 g/mol. The van der Waals surface area contributed by atoms with Gasteiger partial charge in [0.05, 0.1) is 26.4 Å². The molecule has 0 bridgehead atoms. The van der Waals surface area contributed by atoms with E-state index in [2.05, 4.69) is 0 Å². The van der Waals surface area contributed by atoms with E-state index in [4.69, 9.17) is 55.7 Å². The molecule has 0 aliphatic carbocycles. The van der Waals surface area contributed by atoms with Crippen LogP contribution >= 0.6 is 46.4 Å². The highest BCUT2D eigenvalue weighted by Crippen LogP contribution is 2.49. The molecule has 4 aromatic rings. The molecule has 186 valence electrons. The van der Waals surface area contributed by atoms with E-state index in [1.165, 1.54) is 12.1 Å². The number of imide groups is 1. The first-order valence-corrected chi connectivity index (χ1v) is 12.7. The standard InChI is InChI=1S/C27H16Cl4N2O4/c28-14-6-8-17(19(30)12-14)21-10-11-22(36-21)24-23-25(37-33(24)15-4-2-1-3-5-15)27(35)32(26(23)34)16-7-9-18(29)20(31)13-16/h1-13,23-25H. The van der Waals surface area contributed by atoms with E-state index in [-0.39, 0.29) is 5.02 Å². The maximum Gasteiger partial charge on any atom is 0.266 e. The summed E-state index contributed by atoms with van der Waals surface area (Å²) in [7, 11) is 0. The molecule has 1 aromatic heterocycles. The summed E-state index contributed by atoms with van der Waals surface area (Å²) in [6, 6.07) is 21.7. The van der Waals surface area contributed by atoms with Crippen molar-refractivity contribution in [1.82, 2.24) is 0 Å². The molecule has 6 rings (SSSR count). The number of benzene rings is 3. The zero-order chi connectivity index (χ0) is 25.8. The fourth-order valence-electron chi connectivity index (χ4n) is 4.73. The second-order valence-corrected chi connectivity index (χ2v) is 10.3. The molecule has 3 aromatic carbocycles. The fourth-order valence-corrected chi connectivity index (χ4v) is 5.52. The van der Waals surface area contributed by atoms with Gasteiger partial charge in [-0.25, -0.2) is 9.96 Å². The summed E-state index contributed by atoms with van der Waals surface area (Å²) in [6.45, 7) is 0. The molecule has 2 fully saturated rings. The highest BCUT2D eigenvalue weighted by Gasteiger charge is 2.61. The van der Waals surface area contributed by atoms with Crippen molar-refractivity contribution in [2.24, 2.45) is 5.92 Å². The van der Waals surface area contributed by atoms with Crippen LogP contribution in [0, 0.1) is 5.92 Å². The van der Waals surface area contributed by atoms with Gasteiger partial charge in [-0.1, -0.05) is 64.6 Å². The number of nitrogens with zero attached hydrogens (tertiary/aromatic N) is 2. The summed E-state index contributed by atoms with van der Waals surface area (Å²) in [5.74, 6) is -0.869. The smallest absolute Gasteiger partial charge is 0.266 e. The maximum absolute atomic E-state index is 13.8. The van der Waals surface area contributed by atoms with Gasteiger partial charge in [0, 0.05) is 10.6 Å². The Kier molecular flexibility index (Phi) is 6.18. The third-order valence-corrected chi connectivity index (χ3v) is 7.69. The predicted octanol–water partition coefficient (Wildman–Crippen LogP) is 7.61. The van der Waals surface area contributed by atoms with E-state index in [1.54, 1.807) is 41.5 Å². The Hall–Kier alpha value is -3.00. The molecule has 0 spiro atoms. The van der Waals surface area contributed by atoms with E-state index in [0.717, 1.165) is 4.90 Å². The van der Waals surface area contributed by atoms with Crippen molar-refractivity contribution < 1.29 is 18.8 Å². The zero-order valence-corrected chi connectivity index (χ0v) is 21.8. The molecule has 2 aliphatic heterocycles. The lowest BCUT2D eigenvalue weighted by Gasteiger charge is -2.27. The number of rotatable bonds is 4. The molecule has 0 N–H and O–H groups in total. The number of fused-ring (bicyclic) bond motifs is 1. The Labute approximate surface area is 231 Å². The number of hydrogen-bond donors (Lipinski definition) is 0. The number of hydrogen-bond acceptors (Lipinski definition) is 5. The van der Waals surface area contributed by atoms with Gasteiger partial charge in [0.1, 0.15) is 23.5 Å². The first-order chi connectivity index (χ1) is 17.8. The molecule has 3 unspecified atom stereocenters. The maximum atomic E-state index is 13.8. The molecule has 6 nitrogen and oxygen atoms in total. The van der Waals surface area contributed by atoms with Gasteiger partial charge < -0.3 is 4.42 Å². The average Bonchev–Trinajstić information content (AvgIpc) is 3.57. The number of para-hydroxylation sites is 1. The minimum Gasteiger partial charge on any atom is -0.459 e. The summed E-state index contributed by atoms with van der Waals surface area (Å²) < 4.78 is 6.22. The van der Waals surface area contributed by atoms with Gasteiger partial charge >= 0.3 is 0 Å². The molecule has 2 aliphatic rings. The topological polar surface area (TPSA) is 63.0 Å². The van der Waals surface area contributed by atoms with Gasteiger partial charge in [-0.05, 0) is 60.7 Å². The van der Waals surface area contributed by atoms with E-state index < -0.39 is 29.9 Å². The third kappa shape index (κ3) is 4.10. The van der Waals surface area contributed by atoms with Crippen LogP contribution in [0.15, 0.2) is 83.3 Å². The Bertz CT molecular complexity index is 1540. The number of hydroxylamine groups is 1. The Morgan fingerprint density at radius 2 is 1.49 bits per heavy atom. The summed E-state index contributed by atoms with van der Waals surface area (Å²) >= 11 is 24.6. The van der Waals surface area contributed by atoms with Crippen LogP contribution in [0.3, 0.4) is 0 Å². The summed E-state index contributed by atoms with van der Waals surface area (Å²) in [5, 5.41) is 3.03. The average molecular weight is 574 g/mol. The second kappa shape index (κ2) is 9.39.